The number of ether oxygens (including phenoxy) is 3. The van der Waals surface area contributed by atoms with E-state index in [0.717, 1.165) is 5.56 Å². The lowest BCUT2D eigenvalue weighted by Crippen LogP contribution is -2.50. The number of rotatable bonds is 14. The van der Waals surface area contributed by atoms with Crippen molar-refractivity contribution in [2.24, 2.45) is 10.8 Å². The van der Waals surface area contributed by atoms with Crippen molar-refractivity contribution in [3.63, 3.8) is 0 Å². The van der Waals surface area contributed by atoms with Crippen molar-refractivity contribution in [3.8, 4) is 17.2 Å². The van der Waals surface area contributed by atoms with Gasteiger partial charge in [-0.3, -0.25) is 14.4 Å². The topological polar surface area (TPSA) is 141 Å². The molecule has 0 spiro atoms. The summed E-state index contributed by atoms with van der Waals surface area (Å²) < 4.78 is 16.6. The quantitative estimate of drug-likeness (QED) is 0.189. The van der Waals surface area contributed by atoms with Crippen LogP contribution in [-0.4, -0.2) is 49.3 Å². The van der Waals surface area contributed by atoms with Gasteiger partial charge in [0.2, 0.25) is 0 Å². The Labute approximate surface area is 247 Å². The molecule has 0 bridgehead atoms. The molecule has 216 valence electrons. The molecule has 41 heavy (non-hydrogen) atoms. The number of nitrogens with one attached hydrogen (secondary N) is 2. The largest absolute Gasteiger partial charge is 0.490 e. The van der Waals surface area contributed by atoms with Gasteiger partial charge in [0.25, 0.3) is 17.7 Å². The molecule has 0 unspecified atom stereocenters. The van der Waals surface area contributed by atoms with Gasteiger partial charge in [0.1, 0.15) is 11.8 Å². The number of hydrogen-bond donors (Lipinski definition) is 3. The van der Waals surface area contributed by atoms with Crippen LogP contribution in [0.25, 0.3) is 0 Å². The number of benzene rings is 3. The fourth-order valence-electron chi connectivity index (χ4n) is 3.55. The van der Waals surface area contributed by atoms with E-state index in [9.17, 15) is 14.4 Å². The summed E-state index contributed by atoms with van der Waals surface area (Å²) in [6.07, 6.45) is 0.659. The summed E-state index contributed by atoms with van der Waals surface area (Å²) in [4.78, 5) is 37.1. The molecular weight excluding hydrogens is 571 g/mol. The van der Waals surface area contributed by atoms with E-state index >= 15 is 0 Å². The zero-order valence-corrected chi connectivity index (χ0v) is 23.9. The molecule has 12 heteroatoms. The minimum atomic E-state index is -0.962. The molecule has 0 radical (unpaired) electrons. The maximum Gasteiger partial charge on any atom is 0.262 e. The Kier molecular flexibility index (Phi) is 11.8. The van der Waals surface area contributed by atoms with Crippen LogP contribution in [0.5, 0.6) is 17.2 Å². The summed E-state index contributed by atoms with van der Waals surface area (Å²) in [6, 6.07) is 17.8. The standard InChI is InChI=1S/C29H30Cl2N4O6/c1-3-39-26-14-20(9-11-25(26)40-17-27(32)36)16-33-35-29(38)23(13-19-7-5-4-6-8-19)34-28(37)18(2)41-24-12-10-21(30)15-22(24)31/h4-12,14-16,18,23H,3,13,17H2,1-2H3,(H2,32,36)(H,34,37)(H,35,38)/b33-16-/t18-,23+/m0/s1. The van der Waals surface area contributed by atoms with E-state index < -0.39 is 29.9 Å². The van der Waals surface area contributed by atoms with Crippen LogP contribution in [0.1, 0.15) is 25.0 Å². The van der Waals surface area contributed by atoms with Gasteiger partial charge < -0.3 is 25.3 Å². The van der Waals surface area contributed by atoms with Crippen LogP contribution in [0.15, 0.2) is 71.8 Å². The fourth-order valence-corrected chi connectivity index (χ4v) is 4.01. The number of carbonyl (C=O) groups excluding carboxylic acids is 3. The Bertz CT molecular complexity index is 1390. The molecule has 3 aromatic carbocycles. The SMILES string of the molecule is CCOc1cc(/C=N\NC(=O)[C@@H](Cc2ccccc2)NC(=O)[C@H](C)Oc2ccc(Cl)cc2Cl)ccc1OCC(N)=O. The van der Waals surface area contributed by atoms with Gasteiger partial charge in [0, 0.05) is 11.4 Å². The van der Waals surface area contributed by atoms with Gasteiger partial charge in [-0.15, -0.1) is 0 Å². The number of primary amides is 1. The third-order valence-corrected chi connectivity index (χ3v) is 6.04. The number of amides is 3. The van der Waals surface area contributed by atoms with E-state index in [0.29, 0.717) is 28.7 Å². The summed E-state index contributed by atoms with van der Waals surface area (Å²) in [7, 11) is 0. The maximum atomic E-state index is 13.1. The molecule has 0 fully saturated rings. The van der Waals surface area contributed by atoms with Crippen molar-refractivity contribution < 1.29 is 28.6 Å². The number of halogens is 2. The van der Waals surface area contributed by atoms with Crippen molar-refractivity contribution >= 4 is 47.1 Å². The first-order valence-electron chi connectivity index (χ1n) is 12.6. The first-order valence-corrected chi connectivity index (χ1v) is 13.4. The summed E-state index contributed by atoms with van der Waals surface area (Å²) in [5.41, 5.74) is 9.04. The lowest BCUT2D eigenvalue weighted by molar-refractivity contribution is -0.132. The molecule has 0 aliphatic heterocycles. The lowest BCUT2D eigenvalue weighted by atomic mass is 10.1. The maximum absolute atomic E-state index is 13.1. The third kappa shape index (κ3) is 10.0. The molecule has 0 heterocycles. The van der Waals surface area contributed by atoms with Crippen molar-refractivity contribution in [3.05, 3.63) is 87.9 Å². The smallest absolute Gasteiger partial charge is 0.262 e. The lowest BCUT2D eigenvalue weighted by Gasteiger charge is -2.21. The second kappa shape index (κ2) is 15.5. The summed E-state index contributed by atoms with van der Waals surface area (Å²) in [5.74, 6) is -0.676. The first-order chi connectivity index (χ1) is 19.7. The van der Waals surface area contributed by atoms with Gasteiger partial charge in [0.05, 0.1) is 17.8 Å². The first kappa shape index (κ1) is 31.3. The van der Waals surface area contributed by atoms with Crippen LogP contribution in [0, 0.1) is 0 Å². The van der Waals surface area contributed by atoms with Crippen LogP contribution < -0.4 is 30.7 Å². The molecule has 3 aromatic rings. The molecular formula is C29H30Cl2N4O6. The van der Waals surface area contributed by atoms with E-state index in [1.807, 2.05) is 30.3 Å². The van der Waals surface area contributed by atoms with E-state index in [-0.39, 0.29) is 23.8 Å². The monoisotopic (exact) mass is 600 g/mol. The molecule has 0 aliphatic rings. The molecule has 10 nitrogen and oxygen atoms in total. The molecule has 0 saturated carbocycles. The third-order valence-electron chi connectivity index (χ3n) is 5.51. The minimum absolute atomic E-state index is 0.211. The normalized spacial score (nSPS) is 12.3. The zero-order valence-electron chi connectivity index (χ0n) is 22.4. The van der Waals surface area contributed by atoms with Gasteiger partial charge in [-0.25, -0.2) is 5.43 Å². The molecule has 3 amide bonds. The van der Waals surface area contributed by atoms with Gasteiger partial charge in [-0.05, 0) is 61.4 Å². The van der Waals surface area contributed by atoms with E-state index in [4.69, 9.17) is 43.1 Å². The number of carbonyl (C=O) groups is 3. The molecule has 3 rings (SSSR count). The fraction of sp³-hybridized carbons (Fsp3) is 0.241. The second-order valence-electron chi connectivity index (χ2n) is 8.71. The minimum Gasteiger partial charge on any atom is -0.490 e. The van der Waals surface area contributed by atoms with Crippen molar-refractivity contribution in [1.29, 1.82) is 0 Å². The highest BCUT2D eigenvalue weighted by atomic mass is 35.5. The Hall–Kier alpha value is -4.28. The summed E-state index contributed by atoms with van der Waals surface area (Å²) in [6.45, 7) is 3.41. The number of nitrogens with zero attached hydrogens (tertiary/aromatic N) is 1. The molecule has 0 aliphatic carbocycles. The second-order valence-corrected chi connectivity index (χ2v) is 9.56. The van der Waals surface area contributed by atoms with Crippen LogP contribution in [0.2, 0.25) is 10.0 Å². The Morgan fingerprint density at radius 2 is 1.68 bits per heavy atom. The van der Waals surface area contributed by atoms with Crippen LogP contribution in [-0.2, 0) is 20.8 Å². The van der Waals surface area contributed by atoms with Crippen molar-refractivity contribution in [2.75, 3.05) is 13.2 Å². The van der Waals surface area contributed by atoms with Crippen LogP contribution >= 0.6 is 23.2 Å². The van der Waals surface area contributed by atoms with Crippen molar-refractivity contribution in [1.82, 2.24) is 10.7 Å². The van der Waals surface area contributed by atoms with Gasteiger partial charge in [-0.1, -0.05) is 53.5 Å². The zero-order chi connectivity index (χ0) is 29.8. The average Bonchev–Trinajstić information content (AvgIpc) is 2.94. The van der Waals surface area contributed by atoms with E-state index in [2.05, 4.69) is 15.8 Å². The van der Waals surface area contributed by atoms with Crippen LogP contribution in [0.4, 0.5) is 0 Å². The summed E-state index contributed by atoms with van der Waals surface area (Å²) >= 11 is 12.1. The molecule has 0 aromatic heterocycles. The Balaban J connectivity index is 1.70. The Morgan fingerprint density at radius 3 is 2.37 bits per heavy atom. The predicted octanol–water partition coefficient (Wildman–Crippen LogP) is 3.90. The van der Waals surface area contributed by atoms with Gasteiger partial charge in [0.15, 0.2) is 24.2 Å². The van der Waals surface area contributed by atoms with Gasteiger partial charge >= 0.3 is 0 Å². The Morgan fingerprint density at radius 1 is 0.951 bits per heavy atom. The molecule has 2 atom stereocenters. The van der Waals surface area contributed by atoms with Crippen LogP contribution in [0.3, 0.4) is 0 Å². The highest BCUT2D eigenvalue weighted by molar-refractivity contribution is 6.35. The van der Waals surface area contributed by atoms with E-state index in [1.54, 1.807) is 44.2 Å². The predicted molar refractivity (Wildman–Crippen MR) is 157 cm³/mol. The molecule has 0 saturated heterocycles. The number of nitrogens with two attached hydrogens (primary N) is 1. The highest BCUT2D eigenvalue weighted by Crippen LogP contribution is 2.29. The van der Waals surface area contributed by atoms with E-state index in [1.165, 1.54) is 12.3 Å². The number of hydrazone groups is 1. The summed E-state index contributed by atoms with van der Waals surface area (Å²) in [5, 5.41) is 7.46. The van der Waals surface area contributed by atoms with Gasteiger partial charge in [-0.2, -0.15) is 5.10 Å². The average molecular weight is 601 g/mol. The number of hydrogen-bond acceptors (Lipinski definition) is 7. The van der Waals surface area contributed by atoms with Crippen molar-refractivity contribution in [2.45, 2.75) is 32.4 Å². The molecule has 4 N–H and O–H groups in total. The highest BCUT2D eigenvalue weighted by Gasteiger charge is 2.25.